The third-order valence-corrected chi connectivity index (χ3v) is 6.50. The van der Waals surface area contributed by atoms with Crippen molar-refractivity contribution in [3.8, 4) is 0 Å². The topological polar surface area (TPSA) is 66.6 Å². The van der Waals surface area contributed by atoms with Gasteiger partial charge in [-0.2, -0.15) is 0 Å². The first-order chi connectivity index (χ1) is 14.1. The van der Waals surface area contributed by atoms with Crippen LogP contribution in [0.5, 0.6) is 0 Å². The van der Waals surface area contributed by atoms with Crippen molar-refractivity contribution in [1.29, 1.82) is 0 Å². The first kappa shape index (κ1) is 18.0. The standard InChI is InChI=1S/C24H25N3O2/c25-23(28)21-9-3-2-8-20(21)17-14-18-11-12-19(15-17)27(18)24(29)26-13-5-7-16-6-1-4-10-22(16)26/h1-4,6,8-10,14,18-19H,5,7,11-13,15H2,(H2,25,28). The Morgan fingerprint density at radius 1 is 1.00 bits per heavy atom. The molecule has 3 aliphatic rings. The molecule has 0 aliphatic carbocycles. The summed E-state index contributed by atoms with van der Waals surface area (Å²) < 4.78 is 0. The van der Waals surface area contributed by atoms with Crippen LogP contribution >= 0.6 is 0 Å². The number of aryl methyl sites for hydroxylation is 1. The van der Waals surface area contributed by atoms with Crippen LogP contribution in [0.25, 0.3) is 5.57 Å². The number of benzene rings is 2. The molecule has 0 saturated carbocycles. The van der Waals surface area contributed by atoms with E-state index in [-0.39, 0.29) is 18.1 Å². The molecular formula is C24H25N3O2. The van der Waals surface area contributed by atoms with Crippen LogP contribution in [0.4, 0.5) is 10.5 Å². The lowest BCUT2D eigenvalue weighted by Gasteiger charge is -2.39. The number of urea groups is 1. The highest BCUT2D eigenvalue weighted by atomic mass is 16.2. The summed E-state index contributed by atoms with van der Waals surface area (Å²) in [4.78, 5) is 29.4. The largest absolute Gasteiger partial charge is 0.366 e. The quantitative estimate of drug-likeness (QED) is 0.847. The predicted octanol–water partition coefficient (Wildman–Crippen LogP) is 3.98. The van der Waals surface area contributed by atoms with Crippen LogP contribution in [0.15, 0.2) is 54.6 Å². The summed E-state index contributed by atoms with van der Waals surface area (Å²) in [7, 11) is 0. The van der Waals surface area contributed by atoms with E-state index in [0.717, 1.165) is 55.5 Å². The fourth-order valence-electron chi connectivity index (χ4n) is 5.18. The molecule has 148 valence electrons. The molecular weight excluding hydrogens is 362 g/mol. The summed E-state index contributed by atoms with van der Waals surface area (Å²) >= 11 is 0. The van der Waals surface area contributed by atoms with Gasteiger partial charge in [0, 0.05) is 23.8 Å². The van der Waals surface area contributed by atoms with Crippen LogP contribution in [-0.4, -0.2) is 35.5 Å². The number of carbonyl (C=O) groups excluding carboxylic acids is 2. The molecule has 2 bridgehead atoms. The molecule has 3 heterocycles. The molecule has 1 saturated heterocycles. The summed E-state index contributed by atoms with van der Waals surface area (Å²) in [5, 5.41) is 0. The summed E-state index contributed by atoms with van der Waals surface area (Å²) in [5.74, 6) is -0.405. The third kappa shape index (κ3) is 3.01. The lowest BCUT2D eigenvalue weighted by molar-refractivity contribution is 0.1000. The van der Waals surface area contributed by atoms with E-state index in [2.05, 4.69) is 23.1 Å². The minimum atomic E-state index is -0.405. The number of fused-ring (bicyclic) bond motifs is 3. The maximum Gasteiger partial charge on any atom is 0.325 e. The van der Waals surface area contributed by atoms with Gasteiger partial charge in [-0.25, -0.2) is 4.79 Å². The van der Waals surface area contributed by atoms with Gasteiger partial charge in [0.15, 0.2) is 0 Å². The molecule has 5 heteroatoms. The zero-order chi connectivity index (χ0) is 20.0. The van der Waals surface area contributed by atoms with Gasteiger partial charge in [-0.05, 0) is 60.9 Å². The fourth-order valence-corrected chi connectivity index (χ4v) is 5.18. The Morgan fingerprint density at radius 3 is 2.62 bits per heavy atom. The van der Waals surface area contributed by atoms with Crippen LogP contribution in [0.2, 0.25) is 0 Å². The number of hydrogen-bond acceptors (Lipinski definition) is 2. The monoisotopic (exact) mass is 387 g/mol. The molecule has 1 fully saturated rings. The lowest BCUT2D eigenvalue weighted by Crippen LogP contribution is -2.51. The third-order valence-electron chi connectivity index (χ3n) is 6.50. The van der Waals surface area contributed by atoms with E-state index in [1.54, 1.807) is 6.07 Å². The van der Waals surface area contributed by atoms with E-state index < -0.39 is 5.91 Å². The molecule has 0 radical (unpaired) electrons. The minimum Gasteiger partial charge on any atom is -0.366 e. The second kappa shape index (κ2) is 7.07. The first-order valence-electron chi connectivity index (χ1n) is 10.4. The van der Waals surface area contributed by atoms with Crippen LogP contribution in [0.3, 0.4) is 0 Å². The molecule has 2 atom stereocenters. The summed E-state index contributed by atoms with van der Waals surface area (Å²) in [6, 6.07) is 16.1. The van der Waals surface area contributed by atoms with Gasteiger partial charge in [-0.3, -0.25) is 9.69 Å². The molecule has 3 aliphatic heterocycles. The van der Waals surface area contributed by atoms with Crippen molar-refractivity contribution < 1.29 is 9.59 Å². The molecule has 2 aromatic rings. The van der Waals surface area contributed by atoms with Gasteiger partial charge >= 0.3 is 6.03 Å². The molecule has 0 aromatic heterocycles. The van der Waals surface area contributed by atoms with Crippen molar-refractivity contribution in [1.82, 2.24) is 4.90 Å². The molecule has 5 rings (SSSR count). The number of nitrogens with two attached hydrogens (primary N) is 1. The predicted molar refractivity (Wildman–Crippen MR) is 114 cm³/mol. The van der Waals surface area contributed by atoms with E-state index in [1.165, 1.54) is 5.56 Å². The number of para-hydroxylation sites is 1. The molecule has 2 unspecified atom stereocenters. The Bertz CT molecular complexity index is 1010. The van der Waals surface area contributed by atoms with Gasteiger partial charge in [0.2, 0.25) is 5.91 Å². The van der Waals surface area contributed by atoms with Crippen molar-refractivity contribution in [3.05, 3.63) is 71.3 Å². The van der Waals surface area contributed by atoms with Crippen molar-refractivity contribution in [3.63, 3.8) is 0 Å². The zero-order valence-electron chi connectivity index (χ0n) is 16.4. The maximum absolute atomic E-state index is 13.5. The smallest absolute Gasteiger partial charge is 0.325 e. The molecule has 2 N–H and O–H groups in total. The van der Waals surface area contributed by atoms with Crippen LogP contribution < -0.4 is 10.6 Å². The van der Waals surface area contributed by atoms with Crippen LogP contribution in [0, 0.1) is 0 Å². The van der Waals surface area contributed by atoms with Crippen molar-refractivity contribution in [2.24, 2.45) is 5.73 Å². The second-order valence-corrected chi connectivity index (χ2v) is 8.18. The Morgan fingerprint density at radius 2 is 1.79 bits per heavy atom. The maximum atomic E-state index is 13.5. The summed E-state index contributed by atoms with van der Waals surface area (Å²) in [5.41, 5.74) is 10.5. The average Bonchev–Trinajstić information content (AvgIpc) is 3.02. The fraction of sp³-hybridized carbons (Fsp3) is 0.333. The van der Waals surface area contributed by atoms with Crippen LogP contribution in [0.1, 0.15) is 47.2 Å². The highest BCUT2D eigenvalue weighted by Gasteiger charge is 2.42. The average molecular weight is 387 g/mol. The molecule has 0 spiro atoms. The lowest BCUT2D eigenvalue weighted by atomic mass is 9.91. The summed E-state index contributed by atoms with van der Waals surface area (Å²) in [6.07, 6.45) is 6.93. The molecule has 5 nitrogen and oxygen atoms in total. The molecule has 2 aromatic carbocycles. The van der Waals surface area contributed by atoms with E-state index >= 15 is 0 Å². The summed E-state index contributed by atoms with van der Waals surface area (Å²) in [6.45, 7) is 0.771. The molecule has 3 amide bonds. The van der Waals surface area contributed by atoms with Gasteiger partial charge in [0.05, 0.1) is 6.04 Å². The Labute approximate surface area is 170 Å². The number of nitrogens with zero attached hydrogens (tertiary/aromatic N) is 2. The number of carbonyl (C=O) groups is 2. The van der Waals surface area contributed by atoms with E-state index in [9.17, 15) is 9.59 Å². The van der Waals surface area contributed by atoms with Gasteiger partial charge in [0.25, 0.3) is 0 Å². The van der Waals surface area contributed by atoms with Crippen molar-refractivity contribution in [2.75, 3.05) is 11.4 Å². The number of hydrogen-bond donors (Lipinski definition) is 1. The van der Waals surface area contributed by atoms with Gasteiger partial charge < -0.3 is 10.6 Å². The second-order valence-electron chi connectivity index (χ2n) is 8.18. The van der Waals surface area contributed by atoms with Gasteiger partial charge in [-0.15, -0.1) is 0 Å². The molecule has 29 heavy (non-hydrogen) atoms. The number of anilines is 1. The normalized spacial score (nSPS) is 22.8. The van der Waals surface area contributed by atoms with E-state index in [4.69, 9.17) is 5.73 Å². The number of rotatable bonds is 2. The van der Waals surface area contributed by atoms with E-state index in [0.29, 0.717) is 5.56 Å². The Hall–Kier alpha value is -3.08. The minimum absolute atomic E-state index is 0.0753. The van der Waals surface area contributed by atoms with Gasteiger partial charge in [-0.1, -0.05) is 42.5 Å². The Kier molecular flexibility index (Phi) is 4.38. The van der Waals surface area contributed by atoms with Gasteiger partial charge in [0.1, 0.15) is 0 Å². The highest BCUT2D eigenvalue weighted by Crippen LogP contribution is 2.41. The highest BCUT2D eigenvalue weighted by molar-refractivity contribution is 5.99. The van der Waals surface area contributed by atoms with Crippen molar-refractivity contribution in [2.45, 2.75) is 44.2 Å². The zero-order valence-corrected chi connectivity index (χ0v) is 16.4. The first-order valence-corrected chi connectivity index (χ1v) is 10.4. The van der Waals surface area contributed by atoms with E-state index in [1.807, 2.05) is 35.2 Å². The number of primary amides is 1. The number of amides is 3. The Balaban J connectivity index is 1.46. The van der Waals surface area contributed by atoms with Crippen LogP contribution in [-0.2, 0) is 6.42 Å². The van der Waals surface area contributed by atoms with Crippen molar-refractivity contribution >= 4 is 23.2 Å². The SMILES string of the molecule is NC(=O)c1ccccc1C1=CC2CCC(C1)N2C(=O)N1CCCc2ccccc21.